The predicted octanol–water partition coefficient (Wildman–Crippen LogP) is -5.19. The molecule has 0 amide bonds. The summed E-state index contributed by atoms with van der Waals surface area (Å²) in [7, 11) is 0. The summed E-state index contributed by atoms with van der Waals surface area (Å²) in [5.41, 5.74) is 5.72. The number of aliphatic hydroxyl groups is 2. The van der Waals surface area contributed by atoms with E-state index in [0.717, 1.165) is 0 Å². The van der Waals surface area contributed by atoms with Crippen LogP contribution in [0.5, 0.6) is 5.88 Å². The third kappa shape index (κ3) is 3.53. The molecule has 0 saturated carbocycles. The van der Waals surface area contributed by atoms with Gasteiger partial charge in [0.2, 0.25) is 5.95 Å². The minimum atomic E-state index is -0.701. The van der Waals surface area contributed by atoms with E-state index in [1.165, 1.54) is 10.9 Å². The summed E-state index contributed by atoms with van der Waals surface area (Å²) in [6.45, 7) is -0.641. The molecule has 0 unspecified atom stereocenters. The number of anilines is 1. The number of hydrogen-bond donors (Lipinski definition) is 3. The first-order chi connectivity index (χ1) is 8.65. The summed E-state index contributed by atoms with van der Waals surface area (Å²) < 4.78 is 6.63. The fourth-order valence-electron chi connectivity index (χ4n) is 1.38. The molecule has 2 rings (SSSR count). The van der Waals surface area contributed by atoms with Gasteiger partial charge in [0.15, 0.2) is 5.65 Å². The Labute approximate surface area is 130 Å². The van der Waals surface area contributed by atoms with E-state index < -0.39 is 12.0 Å². The number of imidazole rings is 1. The van der Waals surface area contributed by atoms with E-state index in [1.807, 2.05) is 0 Å². The number of aromatic nitrogens is 4. The largest absolute Gasteiger partial charge is 1.00 e. The maximum atomic E-state index is 11.4. The van der Waals surface area contributed by atoms with Crippen LogP contribution in [0.3, 0.4) is 0 Å². The summed E-state index contributed by atoms with van der Waals surface area (Å²) in [6, 6.07) is 0. The molecule has 0 bridgehead atoms. The molecular formula is C9H12N5NaO4. The zero-order valence-corrected chi connectivity index (χ0v) is 12.4. The van der Waals surface area contributed by atoms with E-state index in [4.69, 9.17) is 20.7 Å². The average Bonchev–Trinajstić information content (AvgIpc) is 2.74. The maximum absolute atomic E-state index is 11.4. The molecule has 10 heteroatoms. The van der Waals surface area contributed by atoms with Gasteiger partial charge in [0.1, 0.15) is 18.4 Å². The first-order valence-electron chi connectivity index (χ1n) is 5.14. The van der Waals surface area contributed by atoms with Crippen LogP contribution in [0.25, 0.3) is 11.2 Å². The van der Waals surface area contributed by atoms with Gasteiger partial charge in [0.25, 0.3) is 0 Å². The van der Waals surface area contributed by atoms with Crippen molar-refractivity contribution in [1.29, 1.82) is 0 Å². The van der Waals surface area contributed by atoms with E-state index in [0.29, 0.717) is 0 Å². The van der Waals surface area contributed by atoms with Crippen molar-refractivity contribution in [3.8, 4) is 5.88 Å². The Morgan fingerprint density at radius 2 is 2.05 bits per heavy atom. The van der Waals surface area contributed by atoms with Crippen LogP contribution >= 0.6 is 0 Å². The summed E-state index contributed by atoms with van der Waals surface area (Å²) in [5, 5.41) is 29.1. The number of fused-ring (bicyclic) bond motifs is 1. The molecule has 98 valence electrons. The Bertz CT molecular complexity index is 545. The first kappa shape index (κ1) is 16.1. The van der Waals surface area contributed by atoms with Crippen molar-refractivity contribution >= 4 is 17.1 Å². The molecular weight excluding hydrogens is 265 g/mol. The van der Waals surface area contributed by atoms with Gasteiger partial charge in [-0.3, -0.25) is 4.57 Å². The molecule has 0 fully saturated rings. The Morgan fingerprint density at radius 1 is 1.37 bits per heavy atom. The number of nitrogens with zero attached hydrogens (tertiary/aromatic N) is 4. The average molecular weight is 277 g/mol. The van der Waals surface area contributed by atoms with Gasteiger partial charge in [0.05, 0.1) is 19.5 Å². The van der Waals surface area contributed by atoms with Gasteiger partial charge in [-0.05, 0) is 0 Å². The van der Waals surface area contributed by atoms with Crippen LogP contribution in [0.15, 0.2) is 6.33 Å². The van der Waals surface area contributed by atoms with Gasteiger partial charge < -0.3 is 25.8 Å². The van der Waals surface area contributed by atoms with Gasteiger partial charge >= 0.3 is 29.6 Å². The van der Waals surface area contributed by atoms with Crippen molar-refractivity contribution in [2.24, 2.45) is 0 Å². The maximum Gasteiger partial charge on any atom is 1.00 e. The van der Waals surface area contributed by atoms with E-state index in [1.54, 1.807) is 0 Å². The van der Waals surface area contributed by atoms with Gasteiger partial charge in [0, 0.05) is 5.88 Å². The molecule has 19 heavy (non-hydrogen) atoms. The van der Waals surface area contributed by atoms with Crippen LogP contribution in [-0.2, 0) is 11.5 Å². The molecule has 0 aromatic carbocycles. The Morgan fingerprint density at radius 3 is 2.68 bits per heavy atom. The molecule has 0 aliphatic carbocycles. The molecule has 0 radical (unpaired) electrons. The third-order valence-electron chi connectivity index (χ3n) is 2.31. The van der Waals surface area contributed by atoms with Crippen molar-refractivity contribution in [3.05, 3.63) is 6.33 Å². The summed E-state index contributed by atoms with van der Waals surface area (Å²) in [6.07, 6.45) is 0.653. The Hall–Kier alpha value is -0.970. The van der Waals surface area contributed by atoms with E-state index in [2.05, 4.69) is 15.0 Å². The van der Waals surface area contributed by atoms with Crippen molar-refractivity contribution in [1.82, 2.24) is 19.5 Å². The SMILES string of the molecule is Nc1nc([O-])c2ncn(COC(CO)CO)c2n1.[Na+]. The normalized spacial score (nSPS) is 10.9. The third-order valence-corrected chi connectivity index (χ3v) is 2.31. The van der Waals surface area contributed by atoms with Crippen LogP contribution in [0.2, 0.25) is 0 Å². The summed E-state index contributed by atoms with van der Waals surface area (Å²) in [5.74, 6) is -0.702. The van der Waals surface area contributed by atoms with Crippen molar-refractivity contribution in [3.63, 3.8) is 0 Å². The van der Waals surface area contributed by atoms with Crippen LogP contribution in [-0.4, -0.2) is 49.0 Å². The zero-order chi connectivity index (χ0) is 13.1. The fourth-order valence-corrected chi connectivity index (χ4v) is 1.38. The molecule has 2 aromatic rings. The van der Waals surface area contributed by atoms with Crippen molar-refractivity contribution < 1.29 is 49.6 Å². The second kappa shape index (κ2) is 6.98. The minimum Gasteiger partial charge on any atom is -0.857 e. The minimum absolute atomic E-state index is 0. The predicted molar refractivity (Wildman–Crippen MR) is 58.2 cm³/mol. The fraction of sp³-hybridized carbons (Fsp3) is 0.444. The second-order valence-electron chi connectivity index (χ2n) is 3.56. The monoisotopic (exact) mass is 277 g/mol. The zero-order valence-electron chi connectivity index (χ0n) is 10.4. The molecule has 2 heterocycles. The molecule has 9 nitrogen and oxygen atoms in total. The van der Waals surface area contributed by atoms with Gasteiger partial charge in [-0.2, -0.15) is 4.98 Å². The van der Waals surface area contributed by atoms with Gasteiger partial charge in [-0.15, -0.1) is 0 Å². The topological polar surface area (TPSA) is 142 Å². The molecule has 2 aromatic heterocycles. The van der Waals surface area contributed by atoms with Gasteiger partial charge in [-0.1, -0.05) is 0 Å². The van der Waals surface area contributed by atoms with Crippen LogP contribution < -0.4 is 40.4 Å². The number of ether oxygens (including phenoxy) is 1. The van der Waals surface area contributed by atoms with E-state index in [-0.39, 0.29) is 66.6 Å². The number of nitrogens with two attached hydrogens (primary N) is 1. The molecule has 0 aliphatic heterocycles. The van der Waals surface area contributed by atoms with Crippen LogP contribution in [0, 0.1) is 0 Å². The van der Waals surface area contributed by atoms with Gasteiger partial charge in [-0.25, -0.2) is 9.97 Å². The van der Waals surface area contributed by atoms with Crippen LogP contribution in [0.1, 0.15) is 0 Å². The molecule has 0 aliphatic rings. The van der Waals surface area contributed by atoms with E-state index in [9.17, 15) is 5.11 Å². The summed E-state index contributed by atoms with van der Waals surface area (Å²) in [4.78, 5) is 11.2. The quantitative estimate of drug-likeness (QED) is 0.460. The molecule has 4 N–H and O–H groups in total. The summed E-state index contributed by atoms with van der Waals surface area (Å²) >= 11 is 0. The molecule has 0 atom stereocenters. The van der Waals surface area contributed by atoms with E-state index >= 15 is 0 Å². The number of nitrogen functional groups attached to an aromatic ring is 1. The number of hydrogen-bond acceptors (Lipinski definition) is 8. The number of aliphatic hydroxyl groups excluding tert-OH is 2. The second-order valence-corrected chi connectivity index (χ2v) is 3.56. The molecule has 0 spiro atoms. The standard InChI is InChI=1S/C9H13N5O4.Na/c10-9-12-7-6(8(17)13-9)11-3-14(7)4-18-5(1-15)2-16;/h3,5,15-16H,1-2,4H2,(H3,10,12,13,17);/q;+1/p-1. The first-order valence-corrected chi connectivity index (χ1v) is 5.14. The van der Waals surface area contributed by atoms with Crippen LogP contribution in [0.4, 0.5) is 5.95 Å². The van der Waals surface area contributed by atoms with Crippen molar-refractivity contribution in [2.45, 2.75) is 12.8 Å². The Balaban J connectivity index is 0.00000180. The smallest absolute Gasteiger partial charge is 0.857 e. The van der Waals surface area contributed by atoms with Crippen molar-refractivity contribution in [2.75, 3.05) is 18.9 Å². The Kier molecular flexibility index (Phi) is 5.91. The number of rotatable bonds is 5. The molecule has 0 saturated heterocycles.